The Balaban J connectivity index is 2.02. The van der Waals surface area contributed by atoms with Crippen molar-refractivity contribution < 1.29 is 0 Å². The Morgan fingerprint density at radius 2 is 1.93 bits per heavy atom. The van der Waals surface area contributed by atoms with Crippen molar-refractivity contribution in [2.75, 3.05) is 13.1 Å². The van der Waals surface area contributed by atoms with Crippen LogP contribution in [0.2, 0.25) is 0 Å². The van der Waals surface area contributed by atoms with Gasteiger partial charge >= 0.3 is 0 Å². The Morgan fingerprint density at radius 1 is 1.20 bits per heavy atom. The van der Waals surface area contributed by atoms with E-state index in [1.54, 1.807) is 0 Å². The molecule has 0 radical (unpaired) electrons. The van der Waals surface area contributed by atoms with Gasteiger partial charge < -0.3 is 5.32 Å². The highest BCUT2D eigenvalue weighted by atomic mass is 14.9. The van der Waals surface area contributed by atoms with Gasteiger partial charge in [-0.2, -0.15) is 0 Å². The molecule has 0 saturated heterocycles. The second-order valence-corrected chi connectivity index (χ2v) is 4.68. The molecule has 0 amide bonds. The van der Waals surface area contributed by atoms with E-state index in [2.05, 4.69) is 42.6 Å². The summed E-state index contributed by atoms with van der Waals surface area (Å²) >= 11 is 0. The van der Waals surface area contributed by atoms with Crippen molar-refractivity contribution in [3.63, 3.8) is 0 Å². The minimum atomic E-state index is 0.455. The van der Waals surface area contributed by atoms with Gasteiger partial charge in [0.2, 0.25) is 0 Å². The normalized spacial score (nSPS) is 18.5. The molecule has 0 aliphatic heterocycles. The first-order valence-electron chi connectivity index (χ1n) is 6.14. The lowest BCUT2D eigenvalue weighted by Crippen LogP contribution is -2.43. The summed E-state index contributed by atoms with van der Waals surface area (Å²) in [4.78, 5) is 0. The van der Waals surface area contributed by atoms with Crippen LogP contribution < -0.4 is 5.32 Å². The monoisotopic (exact) mass is 203 g/mol. The lowest BCUT2D eigenvalue weighted by atomic mass is 9.64. The van der Waals surface area contributed by atoms with Crippen LogP contribution in [0.5, 0.6) is 0 Å². The second kappa shape index (κ2) is 4.80. The smallest absolute Gasteiger partial charge is 0.00778 e. The third kappa shape index (κ3) is 2.23. The van der Waals surface area contributed by atoms with Crippen molar-refractivity contribution in [3.05, 3.63) is 35.9 Å². The van der Waals surface area contributed by atoms with Crippen LogP contribution in [-0.2, 0) is 5.41 Å². The van der Waals surface area contributed by atoms with E-state index in [1.165, 1.54) is 31.2 Å². The molecule has 1 heteroatoms. The molecule has 0 atom stereocenters. The molecule has 1 aliphatic carbocycles. The highest BCUT2D eigenvalue weighted by molar-refractivity contribution is 5.28. The van der Waals surface area contributed by atoms with Gasteiger partial charge in [0, 0.05) is 12.0 Å². The zero-order chi connectivity index (χ0) is 10.6. The maximum Gasteiger partial charge on any atom is 0.00778 e. The van der Waals surface area contributed by atoms with Gasteiger partial charge in [-0.1, -0.05) is 43.7 Å². The SMILES string of the molecule is CCCNCC1(c2ccccc2)CCC1. The predicted molar refractivity (Wildman–Crippen MR) is 65.1 cm³/mol. The fraction of sp³-hybridized carbons (Fsp3) is 0.571. The molecule has 0 spiro atoms. The summed E-state index contributed by atoms with van der Waals surface area (Å²) in [5, 5.41) is 3.58. The summed E-state index contributed by atoms with van der Waals surface area (Å²) in [5.41, 5.74) is 1.98. The molecule has 1 aliphatic rings. The average Bonchev–Trinajstić information content (AvgIpc) is 2.23. The van der Waals surface area contributed by atoms with Gasteiger partial charge in [-0.25, -0.2) is 0 Å². The zero-order valence-electron chi connectivity index (χ0n) is 9.63. The Kier molecular flexibility index (Phi) is 3.42. The number of benzene rings is 1. The van der Waals surface area contributed by atoms with Crippen LogP contribution in [0, 0.1) is 0 Å². The lowest BCUT2D eigenvalue weighted by Gasteiger charge is -2.42. The maximum absolute atomic E-state index is 3.58. The predicted octanol–water partition coefficient (Wildman–Crippen LogP) is 3.11. The molecule has 0 heterocycles. The van der Waals surface area contributed by atoms with E-state index < -0.39 is 0 Å². The number of hydrogen-bond acceptors (Lipinski definition) is 1. The van der Waals surface area contributed by atoms with Crippen LogP contribution in [0.4, 0.5) is 0 Å². The molecular weight excluding hydrogens is 182 g/mol. The highest BCUT2D eigenvalue weighted by Gasteiger charge is 2.37. The molecule has 82 valence electrons. The van der Waals surface area contributed by atoms with Gasteiger partial charge in [-0.15, -0.1) is 0 Å². The topological polar surface area (TPSA) is 12.0 Å². The van der Waals surface area contributed by atoms with E-state index in [-0.39, 0.29) is 0 Å². The molecular formula is C14H21N. The van der Waals surface area contributed by atoms with Crippen LogP contribution in [0.3, 0.4) is 0 Å². The van der Waals surface area contributed by atoms with Crippen LogP contribution >= 0.6 is 0 Å². The molecule has 0 aromatic heterocycles. The third-order valence-corrected chi connectivity index (χ3v) is 3.59. The van der Waals surface area contributed by atoms with E-state index >= 15 is 0 Å². The molecule has 1 aromatic rings. The minimum absolute atomic E-state index is 0.455. The summed E-state index contributed by atoms with van der Waals surface area (Å²) in [6.07, 6.45) is 5.33. The molecule has 15 heavy (non-hydrogen) atoms. The Bertz CT molecular complexity index is 287. The Labute approximate surface area is 92.9 Å². The number of rotatable bonds is 5. The Hall–Kier alpha value is -0.820. The van der Waals surface area contributed by atoms with E-state index in [9.17, 15) is 0 Å². The van der Waals surface area contributed by atoms with Gasteiger partial charge in [0.1, 0.15) is 0 Å². The van der Waals surface area contributed by atoms with Crippen LogP contribution in [0.15, 0.2) is 30.3 Å². The average molecular weight is 203 g/mol. The maximum atomic E-state index is 3.58. The molecule has 1 fully saturated rings. The molecule has 1 nitrogen and oxygen atoms in total. The van der Waals surface area contributed by atoms with Crippen molar-refractivity contribution in [2.45, 2.75) is 38.0 Å². The fourth-order valence-corrected chi connectivity index (χ4v) is 2.47. The lowest BCUT2D eigenvalue weighted by molar-refractivity contribution is 0.234. The summed E-state index contributed by atoms with van der Waals surface area (Å²) < 4.78 is 0. The second-order valence-electron chi connectivity index (χ2n) is 4.68. The minimum Gasteiger partial charge on any atom is -0.316 e. The highest BCUT2D eigenvalue weighted by Crippen LogP contribution is 2.42. The van der Waals surface area contributed by atoms with Crippen molar-refractivity contribution in [1.29, 1.82) is 0 Å². The fourth-order valence-electron chi connectivity index (χ4n) is 2.47. The van der Waals surface area contributed by atoms with Gasteiger partial charge in [-0.05, 0) is 31.4 Å². The molecule has 0 unspecified atom stereocenters. The van der Waals surface area contributed by atoms with E-state index in [1.807, 2.05) is 0 Å². The van der Waals surface area contributed by atoms with E-state index in [0.717, 1.165) is 13.1 Å². The standard InChI is InChI=1S/C14H21N/c1-2-11-15-12-14(9-6-10-14)13-7-4-3-5-8-13/h3-5,7-8,15H,2,6,9-12H2,1H3. The third-order valence-electron chi connectivity index (χ3n) is 3.59. The van der Waals surface area contributed by atoms with E-state index in [4.69, 9.17) is 0 Å². The molecule has 1 N–H and O–H groups in total. The summed E-state index contributed by atoms with van der Waals surface area (Å²) in [6, 6.07) is 11.0. The molecule has 1 aromatic carbocycles. The number of hydrogen-bond donors (Lipinski definition) is 1. The largest absolute Gasteiger partial charge is 0.316 e. The summed E-state index contributed by atoms with van der Waals surface area (Å²) in [5.74, 6) is 0. The molecule has 2 rings (SSSR count). The van der Waals surface area contributed by atoms with Crippen LogP contribution in [0.25, 0.3) is 0 Å². The first-order valence-corrected chi connectivity index (χ1v) is 6.14. The van der Waals surface area contributed by atoms with Gasteiger partial charge in [-0.3, -0.25) is 0 Å². The van der Waals surface area contributed by atoms with E-state index in [0.29, 0.717) is 5.41 Å². The first-order chi connectivity index (χ1) is 7.37. The van der Waals surface area contributed by atoms with Crippen molar-refractivity contribution in [3.8, 4) is 0 Å². The Morgan fingerprint density at radius 3 is 2.47 bits per heavy atom. The van der Waals surface area contributed by atoms with Crippen molar-refractivity contribution in [1.82, 2.24) is 5.32 Å². The van der Waals surface area contributed by atoms with Crippen molar-refractivity contribution >= 4 is 0 Å². The quantitative estimate of drug-likeness (QED) is 0.725. The van der Waals surface area contributed by atoms with Crippen LogP contribution in [0.1, 0.15) is 38.2 Å². The van der Waals surface area contributed by atoms with Gasteiger partial charge in [0.05, 0.1) is 0 Å². The first kappa shape index (κ1) is 10.7. The molecule has 1 saturated carbocycles. The van der Waals surface area contributed by atoms with Gasteiger partial charge in [0.25, 0.3) is 0 Å². The van der Waals surface area contributed by atoms with Crippen LogP contribution in [-0.4, -0.2) is 13.1 Å². The molecule has 0 bridgehead atoms. The number of nitrogens with one attached hydrogen (secondary N) is 1. The van der Waals surface area contributed by atoms with Gasteiger partial charge in [0.15, 0.2) is 0 Å². The zero-order valence-corrected chi connectivity index (χ0v) is 9.63. The van der Waals surface area contributed by atoms with Crippen molar-refractivity contribution in [2.24, 2.45) is 0 Å². The summed E-state index contributed by atoms with van der Waals surface area (Å²) in [6.45, 7) is 4.53. The summed E-state index contributed by atoms with van der Waals surface area (Å²) in [7, 11) is 0.